The third-order valence-electron chi connectivity index (χ3n) is 6.64. The van der Waals surface area contributed by atoms with Gasteiger partial charge in [0, 0.05) is 18.7 Å². The fourth-order valence-electron chi connectivity index (χ4n) is 4.74. The zero-order valence-corrected chi connectivity index (χ0v) is 20.3. The summed E-state index contributed by atoms with van der Waals surface area (Å²) in [6, 6.07) is 13.4. The Morgan fingerprint density at radius 1 is 1.14 bits per heavy atom. The van der Waals surface area contributed by atoms with Crippen LogP contribution in [0.2, 0.25) is 0 Å². The summed E-state index contributed by atoms with van der Waals surface area (Å²) in [7, 11) is 1.58. The van der Waals surface area contributed by atoms with Gasteiger partial charge in [0.2, 0.25) is 0 Å². The van der Waals surface area contributed by atoms with Gasteiger partial charge < -0.3 is 20.5 Å². The van der Waals surface area contributed by atoms with Gasteiger partial charge in [0.1, 0.15) is 17.1 Å². The number of amides is 2. The summed E-state index contributed by atoms with van der Waals surface area (Å²) in [6.45, 7) is 2.05. The van der Waals surface area contributed by atoms with Crippen molar-refractivity contribution in [1.82, 2.24) is 25.2 Å². The smallest absolute Gasteiger partial charge is 0.335 e. The van der Waals surface area contributed by atoms with Gasteiger partial charge in [-0.05, 0) is 60.2 Å². The Bertz CT molecular complexity index is 1540. The Morgan fingerprint density at radius 3 is 2.76 bits per heavy atom. The SMILES string of the molecule is COc1cccc(CNC(=O)c2cc(C(=O)N[C@H]3CCc4c3ccc(C(=O)O)c4C)n3nccc3n2)c1. The topological polar surface area (TPSA) is 135 Å². The molecule has 5 rings (SSSR count). The monoisotopic (exact) mass is 499 g/mol. The lowest BCUT2D eigenvalue weighted by molar-refractivity contribution is 0.0695. The number of nitrogens with zero attached hydrogens (tertiary/aromatic N) is 3. The Kier molecular flexibility index (Phi) is 6.31. The number of hydrogen-bond acceptors (Lipinski definition) is 6. The van der Waals surface area contributed by atoms with Crippen LogP contribution in [0, 0.1) is 6.92 Å². The maximum absolute atomic E-state index is 13.4. The maximum atomic E-state index is 13.4. The van der Waals surface area contributed by atoms with Crippen LogP contribution >= 0.6 is 0 Å². The van der Waals surface area contributed by atoms with Crippen LogP contribution in [-0.4, -0.2) is 44.6 Å². The lowest BCUT2D eigenvalue weighted by Crippen LogP contribution is -2.30. The molecule has 10 heteroatoms. The van der Waals surface area contributed by atoms with Gasteiger partial charge >= 0.3 is 5.97 Å². The third kappa shape index (κ3) is 4.61. The fraction of sp³-hybridized carbons (Fsp3) is 0.222. The highest BCUT2D eigenvalue weighted by Crippen LogP contribution is 2.35. The van der Waals surface area contributed by atoms with Gasteiger partial charge in [-0.1, -0.05) is 18.2 Å². The molecule has 4 aromatic rings. The molecule has 0 bridgehead atoms. The average Bonchev–Trinajstić information content (AvgIpc) is 3.54. The first-order valence-corrected chi connectivity index (χ1v) is 11.8. The van der Waals surface area contributed by atoms with Crippen molar-refractivity contribution < 1.29 is 24.2 Å². The molecule has 2 aromatic heterocycles. The van der Waals surface area contributed by atoms with E-state index >= 15 is 0 Å². The molecule has 0 saturated heterocycles. The van der Waals surface area contributed by atoms with Crippen LogP contribution < -0.4 is 15.4 Å². The molecule has 0 aliphatic heterocycles. The zero-order chi connectivity index (χ0) is 26.1. The quantitative estimate of drug-likeness (QED) is 0.356. The number of aromatic carboxylic acids is 1. The second-order valence-corrected chi connectivity index (χ2v) is 8.84. The largest absolute Gasteiger partial charge is 0.497 e. The Labute approximate surface area is 212 Å². The van der Waals surface area contributed by atoms with Gasteiger partial charge in [-0.25, -0.2) is 14.3 Å². The number of methoxy groups -OCH3 is 1. The Morgan fingerprint density at radius 2 is 1.97 bits per heavy atom. The number of benzene rings is 2. The molecule has 10 nitrogen and oxygen atoms in total. The van der Waals surface area contributed by atoms with Crippen molar-refractivity contribution in [1.29, 1.82) is 0 Å². The van der Waals surface area contributed by atoms with E-state index in [0.717, 1.165) is 22.3 Å². The first kappa shape index (κ1) is 24.0. The van der Waals surface area contributed by atoms with Crippen LogP contribution in [-0.2, 0) is 13.0 Å². The summed E-state index contributed by atoms with van der Waals surface area (Å²) >= 11 is 0. The highest BCUT2D eigenvalue weighted by atomic mass is 16.5. The fourth-order valence-corrected chi connectivity index (χ4v) is 4.74. The van der Waals surface area contributed by atoms with Crippen LogP contribution in [0.5, 0.6) is 5.75 Å². The number of carbonyl (C=O) groups excluding carboxylic acids is 2. The molecule has 0 radical (unpaired) electrons. The predicted octanol–water partition coefficient (Wildman–Crippen LogP) is 3.09. The lowest BCUT2D eigenvalue weighted by atomic mass is 9.98. The van der Waals surface area contributed by atoms with Crippen molar-refractivity contribution in [3.8, 4) is 5.75 Å². The molecule has 2 aromatic carbocycles. The number of carboxylic acid groups (broad SMARTS) is 1. The number of ether oxygens (including phenoxy) is 1. The van der Waals surface area contributed by atoms with E-state index in [1.54, 1.807) is 32.2 Å². The summed E-state index contributed by atoms with van der Waals surface area (Å²) in [5.74, 6) is -1.12. The van der Waals surface area contributed by atoms with Crippen LogP contribution in [0.1, 0.15) is 66.1 Å². The number of fused-ring (bicyclic) bond motifs is 2. The van der Waals surface area contributed by atoms with Crippen molar-refractivity contribution in [3.63, 3.8) is 0 Å². The van der Waals surface area contributed by atoms with Crippen molar-refractivity contribution in [3.05, 3.63) is 93.9 Å². The minimum atomic E-state index is -0.970. The van der Waals surface area contributed by atoms with E-state index in [1.165, 1.54) is 16.8 Å². The van der Waals surface area contributed by atoms with Crippen molar-refractivity contribution in [2.75, 3.05) is 7.11 Å². The van der Waals surface area contributed by atoms with Gasteiger partial charge in [-0.15, -0.1) is 0 Å². The summed E-state index contributed by atoms with van der Waals surface area (Å²) in [6.07, 6.45) is 2.82. The summed E-state index contributed by atoms with van der Waals surface area (Å²) in [4.78, 5) is 42.1. The van der Waals surface area contributed by atoms with Crippen LogP contribution in [0.4, 0.5) is 0 Å². The lowest BCUT2D eigenvalue weighted by Gasteiger charge is -2.16. The Hall–Kier alpha value is -4.73. The number of hydrogen-bond donors (Lipinski definition) is 3. The first-order chi connectivity index (χ1) is 17.9. The molecular weight excluding hydrogens is 474 g/mol. The Balaban J connectivity index is 1.37. The summed E-state index contributed by atoms with van der Waals surface area (Å²) < 4.78 is 6.61. The molecule has 188 valence electrons. The molecule has 1 atom stereocenters. The molecule has 2 heterocycles. The van der Waals surface area contributed by atoms with Gasteiger partial charge in [-0.3, -0.25) is 9.59 Å². The van der Waals surface area contributed by atoms with Crippen LogP contribution in [0.3, 0.4) is 0 Å². The molecule has 3 N–H and O–H groups in total. The zero-order valence-electron chi connectivity index (χ0n) is 20.3. The summed E-state index contributed by atoms with van der Waals surface area (Å²) in [5.41, 5.74) is 4.33. The molecule has 0 unspecified atom stereocenters. The van der Waals surface area contributed by atoms with E-state index in [9.17, 15) is 19.5 Å². The van der Waals surface area contributed by atoms with E-state index in [0.29, 0.717) is 24.2 Å². The van der Waals surface area contributed by atoms with E-state index in [1.807, 2.05) is 24.3 Å². The number of aromatic nitrogens is 3. The standard InChI is InChI=1S/C27H25N5O5/c1-15-18-8-9-21(20(18)7-6-19(15)27(35)36)31-26(34)23-13-22(30-24-10-11-29-32(23)24)25(33)28-14-16-4-3-5-17(12-16)37-2/h3-7,10-13,21H,8-9,14H2,1-2H3,(H,28,33)(H,31,34)(H,35,36)/t21-/m0/s1. The number of nitrogens with one attached hydrogen (secondary N) is 2. The van der Waals surface area contributed by atoms with E-state index in [4.69, 9.17) is 4.74 Å². The van der Waals surface area contributed by atoms with E-state index < -0.39 is 17.8 Å². The molecule has 1 aliphatic rings. The maximum Gasteiger partial charge on any atom is 0.335 e. The molecular formula is C27H25N5O5. The molecule has 0 saturated carbocycles. The average molecular weight is 500 g/mol. The number of rotatable bonds is 7. The molecule has 2 amide bonds. The normalized spacial score (nSPS) is 14.3. The minimum absolute atomic E-state index is 0.0924. The summed E-state index contributed by atoms with van der Waals surface area (Å²) in [5, 5.41) is 19.5. The van der Waals surface area contributed by atoms with Gasteiger partial charge in [0.25, 0.3) is 11.8 Å². The van der Waals surface area contributed by atoms with Crippen molar-refractivity contribution >= 4 is 23.4 Å². The van der Waals surface area contributed by atoms with Gasteiger partial charge in [0.05, 0.1) is 24.9 Å². The molecule has 37 heavy (non-hydrogen) atoms. The number of carboxylic acids is 1. The second kappa shape index (κ2) is 9.73. The van der Waals surface area contributed by atoms with E-state index in [-0.39, 0.29) is 29.5 Å². The van der Waals surface area contributed by atoms with Crippen LogP contribution in [0.15, 0.2) is 54.7 Å². The van der Waals surface area contributed by atoms with Gasteiger partial charge in [-0.2, -0.15) is 5.10 Å². The molecule has 0 spiro atoms. The minimum Gasteiger partial charge on any atom is -0.497 e. The first-order valence-electron chi connectivity index (χ1n) is 11.8. The van der Waals surface area contributed by atoms with Gasteiger partial charge in [0.15, 0.2) is 5.65 Å². The van der Waals surface area contributed by atoms with E-state index in [2.05, 4.69) is 20.7 Å². The predicted molar refractivity (Wildman–Crippen MR) is 134 cm³/mol. The number of carbonyl (C=O) groups is 3. The highest BCUT2D eigenvalue weighted by molar-refractivity contribution is 5.98. The van der Waals surface area contributed by atoms with Crippen LogP contribution in [0.25, 0.3) is 5.65 Å². The highest BCUT2D eigenvalue weighted by Gasteiger charge is 2.28. The third-order valence-corrected chi connectivity index (χ3v) is 6.64. The molecule has 0 fully saturated rings. The van der Waals surface area contributed by atoms with Crippen molar-refractivity contribution in [2.45, 2.75) is 32.4 Å². The second-order valence-electron chi connectivity index (χ2n) is 8.84. The molecule has 1 aliphatic carbocycles. The van der Waals surface area contributed by atoms with Crippen molar-refractivity contribution in [2.24, 2.45) is 0 Å².